The van der Waals surface area contributed by atoms with Gasteiger partial charge < -0.3 is 4.90 Å². The number of amides is 1. The monoisotopic (exact) mass is 527 g/mol. The zero-order valence-corrected chi connectivity index (χ0v) is 21.8. The number of fused-ring (bicyclic) bond motifs is 1. The van der Waals surface area contributed by atoms with Crippen LogP contribution in [0.15, 0.2) is 70.9 Å². The molecular formula is C27H30FN3O3S2. The molecule has 3 heterocycles. The molecule has 2 aliphatic heterocycles. The maximum Gasteiger partial charge on any atom is 0.243 e. The maximum absolute atomic E-state index is 14.0. The van der Waals surface area contributed by atoms with Crippen LogP contribution in [-0.4, -0.2) is 67.2 Å². The Kier molecular flexibility index (Phi) is 7.25. The zero-order valence-electron chi connectivity index (χ0n) is 20.2. The first kappa shape index (κ1) is 25.1. The minimum absolute atomic E-state index is 0.0210. The number of hydrogen-bond acceptors (Lipinski definition) is 5. The highest BCUT2D eigenvalue weighted by atomic mass is 32.2. The van der Waals surface area contributed by atoms with E-state index in [2.05, 4.69) is 16.3 Å². The Morgan fingerprint density at radius 2 is 1.86 bits per heavy atom. The molecule has 1 fully saturated rings. The predicted octanol–water partition coefficient (Wildman–Crippen LogP) is 4.15. The van der Waals surface area contributed by atoms with Gasteiger partial charge in [0.25, 0.3) is 0 Å². The fourth-order valence-electron chi connectivity index (χ4n) is 5.33. The molecule has 0 N–H and O–H groups in total. The Hall–Kier alpha value is -2.59. The first-order chi connectivity index (χ1) is 17.3. The molecule has 2 aliphatic rings. The third-order valence-corrected chi connectivity index (χ3v) is 10.1. The number of hydrogen-bond donors (Lipinski definition) is 0. The lowest BCUT2D eigenvalue weighted by molar-refractivity contribution is -0.133. The van der Waals surface area contributed by atoms with Crippen LogP contribution in [0.3, 0.4) is 0 Å². The van der Waals surface area contributed by atoms with Crippen molar-refractivity contribution in [3.8, 4) is 0 Å². The van der Waals surface area contributed by atoms with Gasteiger partial charge in [-0.25, -0.2) is 12.8 Å². The molecule has 0 aliphatic carbocycles. The van der Waals surface area contributed by atoms with Gasteiger partial charge in [0.15, 0.2) is 0 Å². The van der Waals surface area contributed by atoms with E-state index in [1.165, 1.54) is 20.8 Å². The number of sulfonamides is 1. The van der Waals surface area contributed by atoms with Crippen LogP contribution in [-0.2, 0) is 21.2 Å². The van der Waals surface area contributed by atoms with Crippen LogP contribution < -0.4 is 0 Å². The van der Waals surface area contributed by atoms with Crippen molar-refractivity contribution in [3.05, 3.63) is 87.9 Å². The molecule has 0 bridgehead atoms. The normalized spacial score (nSPS) is 21.3. The largest absolute Gasteiger partial charge is 0.340 e. The average Bonchev–Trinajstić information content (AvgIpc) is 3.36. The van der Waals surface area contributed by atoms with Crippen LogP contribution in [0.25, 0.3) is 0 Å². The third-order valence-electron chi connectivity index (χ3n) is 7.11. The summed E-state index contributed by atoms with van der Waals surface area (Å²) >= 11 is 1.73. The zero-order chi connectivity index (χ0) is 25.3. The first-order valence-corrected chi connectivity index (χ1v) is 14.6. The number of carbonyl (C=O) groups excluding carboxylic acids is 1. The lowest BCUT2D eigenvalue weighted by atomic mass is 9.93. The van der Waals surface area contributed by atoms with Crippen LogP contribution in [0.5, 0.6) is 0 Å². The molecule has 0 saturated carbocycles. The fourth-order valence-corrected chi connectivity index (χ4v) is 7.86. The van der Waals surface area contributed by atoms with Crippen LogP contribution >= 0.6 is 11.3 Å². The van der Waals surface area contributed by atoms with E-state index in [-0.39, 0.29) is 35.2 Å². The number of thiophene rings is 1. The van der Waals surface area contributed by atoms with Gasteiger partial charge in [-0.1, -0.05) is 30.3 Å². The van der Waals surface area contributed by atoms with Crippen LogP contribution in [0, 0.1) is 5.82 Å². The smallest absolute Gasteiger partial charge is 0.243 e. The molecule has 2 atom stereocenters. The van der Waals surface area contributed by atoms with E-state index in [1.807, 2.05) is 13.0 Å². The Morgan fingerprint density at radius 3 is 2.61 bits per heavy atom. The summed E-state index contributed by atoms with van der Waals surface area (Å²) in [6, 6.07) is 16.9. The number of carbonyl (C=O) groups is 1. The van der Waals surface area contributed by atoms with Gasteiger partial charge in [0.05, 0.1) is 10.9 Å². The van der Waals surface area contributed by atoms with Crippen molar-refractivity contribution in [3.63, 3.8) is 0 Å². The molecule has 0 radical (unpaired) electrons. The molecule has 0 spiro atoms. The van der Waals surface area contributed by atoms with Crippen molar-refractivity contribution < 1.29 is 17.6 Å². The quantitative estimate of drug-likeness (QED) is 0.483. The molecule has 36 heavy (non-hydrogen) atoms. The molecule has 0 unspecified atom stereocenters. The second-order valence-electron chi connectivity index (χ2n) is 9.41. The van der Waals surface area contributed by atoms with Gasteiger partial charge in [0.2, 0.25) is 15.9 Å². The van der Waals surface area contributed by atoms with E-state index < -0.39 is 10.0 Å². The van der Waals surface area contributed by atoms with Crippen molar-refractivity contribution in [1.82, 2.24) is 14.1 Å². The summed E-state index contributed by atoms with van der Waals surface area (Å²) in [4.78, 5) is 18.8. The minimum Gasteiger partial charge on any atom is -0.340 e. The summed E-state index contributed by atoms with van der Waals surface area (Å²) in [5, 5.41) is 2.08. The van der Waals surface area contributed by atoms with Gasteiger partial charge in [-0.05, 0) is 60.2 Å². The molecule has 190 valence electrons. The third kappa shape index (κ3) is 4.98. The van der Waals surface area contributed by atoms with Gasteiger partial charge in [-0.2, -0.15) is 4.31 Å². The number of piperazine rings is 1. The molecule has 5 rings (SSSR count). The Balaban J connectivity index is 1.24. The molecular weight excluding hydrogens is 497 g/mol. The molecule has 3 aromatic rings. The SMILES string of the molecule is C[C@@H]1CN(C(=O)CCN2CCc3sccc3[C@@H]2c2cccc(F)c2)CCN1S(=O)(=O)c1ccccc1. The van der Waals surface area contributed by atoms with E-state index in [0.29, 0.717) is 26.1 Å². The highest BCUT2D eigenvalue weighted by Crippen LogP contribution is 2.38. The standard InChI is InChI=1S/C27H30FN3O3S2/c1-20-19-30(15-16-31(20)36(33,34)23-8-3-2-4-9-23)26(32)11-14-29-13-10-25-24(12-17-35-25)27(29)21-6-5-7-22(28)18-21/h2-9,12,17-18,20,27H,10-11,13-16,19H2,1H3/t20-,27+/m1/s1. The van der Waals surface area contributed by atoms with E-state index in [1.54, 1.807) is 58.7 Å². The Labute approximate surface area is 216 Å². The fraction of sp³-hybridized carbons (Fsp3) is 0.370. The number of benzene rings is 2. The highest BCUT2D eigenvalue weighted by Gasteiger charge is 2.36. The van der Waals surface area contributed by atoms with Crippen LogP contribution in [0.1, 0.15) is 35.4 Å². The lowest BCUT2D eigenvalue weighted by Crippen LogP contribution is -2.55. The van der Waals surface area contributed by atoms with Crippen molar-refractivity contribution in [2.45, 2.75) is 36.7 Å². The summed E-state index contributed by atoms with van der Waals surface area (Å²) in [6.45, 7) is 4.23. The number of rotatable bonds is 6. The van der Waals surface area contributed by atoms with Crippen molar-refractivity contribution >= 4 is 27.3 Å². The number of halogens is 1. The van der Waals surface area contributed by atoms with Crippen molar-refractivity contribution in [2.24, 2.45) is 0 Å². The van der Waals surface area contributed by atoms with E-state index >= 15 is 0 Å². The highest BCUT2D eigenvalue weighted by molar-refractivity contribution is 7.89. The van der Waals surface area contributed by atoms with Crippen molar-refractivity contribution in [1.29, 1.82) is 0 Å². The topological polar surface area (TPSA) is 60.9 Å². The summed E-state index contributed by atoms with van der Waals surface area (Å²) < 4.78 is 41.7. The second-order valence-corrected chi connectivity index (χ2v) is 12.3. The van der Waals surface area contributed by atoms with Gasteiger partial charge in [-0.3, -0.25) is 9.69 Å². The van der Waals surface area contributed by atoms with E-state index in [9.17, 15) is 17.6 Å². The average molecular weight is 528 g/mol. The van der Waals surface area contributed by atoms with Crippen LogP contribution in [0.4, 0.5) is 4.39 Å². The predicted molar refractivity (Wildman–Crippen MR) is 139 cm³/mol. The van der Waals surface area contributed by atoms with Crippen molar-refractivity contribution in [2.75, 3.05) is 32.7 Å². The van der Waals surface area contributed by atoms with Gasteiger partial charge in [0.1, 0.15) is 5.82 Å². The Morgan fingerprint density at radius 1 is 1.06 bits per heavy atom. The second kappa shape index (κ2) is 10.4. The van der Waals surface area contributed by atoms with Crippen LogP contribution in [0.2, 0.25) is 0 Å². The summed E-state index contributed by atoms with van der Waals surface area (Å²) in [5.41, 5.74) is 2.09. The lowest BCUT2D eigenvalue weighted by Gasteiger charge is -2.40. The van der Waals surface area contributed by atoms with Gasteiger partial charge >= 0.3 is 0 Å². The maximum atomic E-state index is 14.0. The van der Waals surface area contributed by atoms with Gasteiger partial charge in [0, 0.05) is 50.1 Å². The molecule has 2 aromatic carbocycles. The Bertz CT molecular complexity index is 1330. The summed E-state index contributed by atoms with van der Waals surface area (Å²) in [5.74, 6) is -0.240. The molecule has 9 heteroatoms. The molecule has 1 saturated heterocycles. The van der Waals surface area contributed by atoms with E-state index in [4.69, 9.17) is 0 Å². The molecule has 1 amide bonds. The van der Waals surface area contributed by atoms with E-state index in [0.717, 1.165) is 18.5 Å². The minimum atomic E-state index is -3.60. The summed E-state index contributed by atoms with van der Waals surface area (Å²) in [6.07, 6.45) is 1.25. The van der Waals surface area contributed by atoms with Gasteiger partial charge in [-0.15, -0.1) is 11.3 Å². The molecule has 1 aromatic heterocycles. The molecule has 6 nitrogen and oxygen atoms in total. The first-order valence-electron chi connectivity index (χ1n) is 12.2. The number of nitrogens with zero attached hydrogens (tertiary/aromatic N) is 3. The summed E-state index contributed by atoms with van der Waals surface area (Å²) in [7, 11) is -3.60.